The minimum absolute atomic E-state index is 0.125. The van der Waals surface area contributed by atoms with E-state index in [1.165, 1.54) is 12.0 Å². The van der Waals surface area contributed by atoms with E-state index in [0.29, 0.717) is 17.1 Å². The first-order valence-corrected chi connectivity index (χ1v) is 10.5. The van der Waals surface area contributed by atoms with Gasteiger partial charge < -0.3 is 14.8 Å². The van der Waals surface area contributed by atoms with Crippen molar-refractivity contribution in [2.24, 2.45) is 0 Å². The van der Waals surface area contributed by atoms with E-state index < -0.39 is 5.91 Å². The molecule has 0 fully saturated rings. The maximum absolute atomic E-state index is 13.5. The van der Waals surface area contributed by atoms with Crippen LogP contribution in [0.15, 0.2) is 66.6 Å². The number of imide groups is 1. The fourth-order valence-electron chi connectivity index (χ4n) is 3.96. The standard InChI is InChI=1S/C26H25N3O4/c1-16-10-17(2)12-20(11-16)28-24-23(19-7-8-21(32-3)22(13-19)33-4)25(30)29(26(24)31)15-18-6-5-9-27-14-18/h5-14,28H,15H2,1-4H3. The number of benzene rings is 2. The van der Waals surface area contributed by atoms with Crippen molar-refractivity contribution < 1.29 is 19.1 Å². The number of aromatic nitrogens is 1. The molecule has 0 atom stereocenters. The third kappa shape index (κ3) is 4.43. The summed E-state index contributed by atoms with van der Waals surface area (Å²) in [6.07, 6.45) is 3.30. The van der Waals surface area contributed by atoms with Crippen molar-refractivity contribution in [1.82, 2.24) is 9.88 Å². The van der Waals surface area contributed by atoms with E-state index in [2.05, 4.69) is 10.3 Å². The van der Waals surface area contributed by atoms with E-state index in [-0.39, 0.29) is 23.7 Å². The summed E-state index contributed by atoms with van der Waals surface area (Å²) in [4.78, 5) is 32.3. The summed E-state index contributed by atoms with van der Waals surface area (Å²) in [5.41, 5.74) is 4.67. The topological polar surface area (TPSA) is 80.8 Å². The highest BCUT2D eigenvalue weighted by Gasteiger charge is 2.39. The van der Waals surface area contributed by atoms with Crippen molar-refractivity contribution in [2.45, 2.75) is 20.4 Å². The molecule has 0 spiro atoms. The fourth-order valence-corrected chi connectivity index (χ4v) is 3.96. The van der Waals surface area contributed by atoms with E-state index in [9.17, 15) is 9.59 Å². The van der Waals surface area contributed by atoms with Crippen molar-refractivity contribution in [3.05, 3.63) is 88.9 Å². The number of amides is 2. The van der Waals surface area contributed by atoms with Crippen LogP contribution in [0.25, 0.3) is 5.57 Å². The minimum atomic E-state index is -0.396. The average molecular weight is 444 g/mol. The maximum atomic E-state index is 13.5. The van der Waals surface area contributed by atoms with Crippen LogP contribution in [0, 0.1) is 13.8 Å². The van der Waals surface area contributed by atoms with E-state index >= 15 is 0 Å². The smallest absolute Gasteiger partial charge is 0.278 e. The molecule has 1 aromatic heterocycles. The molecule has 0 unspecified atom stereocenters. The zero-order valence-electron chi connectivity index (χ0n) is 19.0. The maximum Gasteiger partial charge on any atom is 0.278 e. The second-order valence-corrected chi connectivity index (χ2v) is 7.88. The molecule has 7 heteroatoms. The van der Waals surface area contributed by atoms with Gasteiger partial charge in [-0.15, -0.1) is 0 Å². The molecule has 4 rings (SSSR count). The Morgan fingerprint density at radius 2 is 1.64 bits per heavy atom. The van der Waals surface area contributed by atoms with Gasteiger partial charge in [-0.25, -0.2) is 0 Å². The van der Waals surface area contributed by atoms with Gasteiger partial charge in [0.25, 0.3) is 11.8 Å². The molecule has 1 aliphatic heterocycles. The summed E-state index contributed by atoms with van der Waals surface area (Å²) in [6.45, 7) is 4.09. The SMILES string of the molecule is COc1ccc(C2=C(Nc3cc(C)cc(C)c3)C(=O)N(Cc3cccnc3)C2=O)cc1OC. The summed E-state index contributed by atoms with van der Waals surface area (Å²) in [5, 5.41) is 3.21. The lowest BCUT2D eigenvalue weighted by molar-refractivity contribution is -0.137. The fraction of sp³-hybridized carbons (Fsp3) is 0.192. The molecule has 0 saturated heterocycles. The van der Waals surface area contributed by atoms with Gasteiger partial charge in [-0.1, -0.05) is 18.2 Å². The lowest BCUT2D eigenvalue weighted by Crippen LogP contribution is -2.32. The molecule has 2 amide bonds. The lowest BCUT2D eigenvalue weighted by Gasteiger charge is -2.15. The third-order valence-corrected chi connectivity index (χ3v) is 5.39. The van der Waals surface area contributed by atoms with Crippen LogP contribution >= 0.6 is 0 Å². The first-order valence-electron chi connectivity index (χ1n) is 10.5. The molecule has 0 bridgehead atoms. The van der Waals surface area contributed by atoms with E-state index in [1.807, 2.05) is 38.1 Å². The number of rotatable bonds is 7. The highest BCUT2D eigenvalue weighted by atomic mass is 16.5. The van der Waals surface area contributed by atoms with Crippen molar-refractivity contribution >= 4 is 23.1 Å². The Morgan fingerprint density at radius 3 is 2.27 bits per heavy atom. The van der Waals surface area contributed by atoms with Crippen molar-refractivity contribution in [3.8, 4) is 11.5 Å². The summed E-state index contributed by atoms with van der Waals surface area (Å²) in [5.74, 6) is 0.226. The van der Waals surface area contributed by atoms with Crippen LogP contribution in [0.1, 0.15) is 22.3 Å². The highest BCUT2D eigenvalue weighted by Crippen LogP contribution is 2.36. The number of hydrogen-bond acceptors (Lipinski definition) is 6. The van der Waals surface area contributed by atoms with Gasteiger partial charge in [-0.05, 0) is 66.4 Å². The predicted molar refractivity (Wildman–Crippen MR) is 126 cm³/mol. The van der Waals surface area contributed by atoms with Gasteiger partial charge in [0.1, 0.15) is 5.70 Å². The Hall–Kier alpha value is -4.13. The Morgan fingerprint density at radius 1 is 0.909 bits per heavy atom. The largest absolute Gasteiger partial charge is 0.493 e. The molecule has 1 aliphatic rings. The molecule has 2 heterocycles. The van der Waals surface area contributed by atoms with Gasteiger partial charge >= 0.3 is 0 Å². The number of carbonyl (C=O) groups excluding carboxylic acids is 2. The van der Waals surface area contributed by atoms with Gasteiger partial charge in [0.2, 0.25) is 0 Å². The molecule has 0 radical (unpaired) electrons. The van der Waals surface area contributed by atoms with Crippen LogP contribution in [0.5, 0.6) is 11.5 Å². The second kappa shape index (κ2) is 9.16. The second-order valence-electron chi connectivity index (χ2n) is 7.88. The summed E-state index contributed by atoms with van der Waals surface area (Å²) < 4.78 is 10.7. The number of nitrogens with one attached hydrogen (secondary N) is 1. The predicted octanol–water partition coefficient (Wildman–Crippen LogP) is 4.11. The minimum Gasteiger partial charge on any atom is -0.493 e. The molecule has 1 N–H and O–H groups in total. The quantitative estimate of drug-likeness (QED) is 0.554. The molecular formula is C26H25N3O4. The zero-order valence-corrected chi connectivity index (χ0v) is 19.0. The van der Waals surface area contributed by atoms with Gasteiger partial charge in [0.15, 0.2) is 11.5 Å². The summed E-state index contributed by atoms with van der Waals surface area (Å²) in [6, 6.07) is 14.7. The van der Waals surface area contributed by atoms with Crippen molar-refractivity contribution in [1.29, 1.82) is 0 Å². The number of anilines is 1. The lowest BCUT2D eigenvalue weighted by atomic mass is 10.0. The Kier molecular flexibility index (Phi) is 6.13. The first kappa shape index (κ1) is 22.1. The van der Waals surface area contributed by atoms with Gasteiger partial charge in [0.05, 0.1) is 26.3 Å². The monoisotopic (exact) mass is 443 g/mol. The van der Waals surface area contributed by atoms with E-state index in [0.717, 1.165) is 22.4 Å². The number of hydrogen-bond donors (Lipinski definition) is 1. The number of pyridine rings is 1. The number of methoxy groups -OCH3 is 2. The normalized spacial score (nSPS) is 13.5. The highest BCUT2D eigenvalue weighted by molar-refractivity contribution is 6.36. The van der Waals surface area contributed by atoms with Crippen LogP contribution in [0.3, 0.4) is 0 Å². The van der Waals surface area contributed by atoms with E-state index in [1.54, 1.807) is 43.8 Å². The molecule has 168 valence electrons. The zero-order chi connectivity index (χ0) is 23.5. The van der Waals surface area contributed by atoms with Crippen LogP contribution in [-0.4, -0.2) is 35.9 Å². The first-order chi connectivity index (χ1) is 15.9. The molecule has 33 heavy (non-hydrogen) atoms. The van der Waals surface area contributed by atoms with Gasteiger partial charge in [-0.2, -0.15) is 0 Å². The summed E-state index contributed by atoms with van der Waals surface area (Å²) >= 11 is 0. The molecule has 0 aliphatic carbocycles. The number of aryl methyl sites for hydroxylation is 2. The Bertz CT molecular complexity index is 1230. The summed E-state index contributed by atoms with van der Waals surface area (Å²) in [7, 11) is 3.07. The number of carbonyl (C=O) groups is 2. The van der Waals surface area contributed by atoms with Crippen molar-refractivity contribution in [2.75, 3.05) is 19.5 Å². The Balaban J connectivity index is 1.80. The molecule has 0 saturated carbocycles. The molecular weight excluding hydrogens is 418 g/mol. The van der Waals surface area contributed by atoms with Gasteiger partial charge in [-0.3, -0.25) is 19.5 Å². The van der Waals surface area contributed by atoms with Crippen LogP contribution in [0.2, 0.25) is 0 Å². The van der Waals surface area contributed by atoms with Crippen LogP contribution < -0.4 is 14.8 Å². The average Bonchev–Trinajstić information content (AvgIpc) is 3.02. The molecule has 7 nitrogen and oxygen atoms in total. The molecule has 2 aromatic carbocycles. The molecule has 3 aromatic rings. The van der Waals surface area contributed by atoms with Crippen LogP contribution in [0.4, 0.5) is 5.69 Å². The number of ether oxygens (including phenoxy) is 2. The van der Waals surface area contributed by atoms with Gasteiger partial charge in [0, 0.05) is 18.1 Å². The van der Waals surface area contributed by atoms with Crippen molar-refractivity contribution in [3.63, 3.8) is 0 Å². The Labute approximate surface area is 192 Å². The van der Waals surface area contributed by atoms with Crippen LogP contribution in [-0.2, 0) is 16.1 Å². The third-order valence-electron chi connectivity index (χ3n) is 5.39. The van der Waals surface area contributed by atoms with E-state index in [4.69, 9.17) is 9.47 Å². The number of nitrogens with zero attached hydrogens (tertiary/aromatic N) is 2.